The molecule has 7 heteroatoms. The highest BCUT2D eigenvalue weighted by Gasteiger charge is 2.41. The number of amides is 2. The van der Waals surface area contributed by atoms with Crippen molar-refractivity contribution < 1.29 is 24.2 Å². The molecule has 0 saturated heterocycles. The number of hydrogen-bond donors (Lipinski definition) is 1. The highest BCUT2D eigenvalue weighted by molar-refractivity contribution is 5.99. The molecule has 1 aliphatic rings. The second-order valence-electron chi connectivity index (χ2n) is 7.29. The maximum atomic E-state index is 13.3. The average molecular weight is 408 g/mol. The molecule has 156 valence electrons. The van der Waals surface area contributed by atoms with Gasteiger partial charge in [-0.15, -0.1) is 0 Å². The van der Waals surface area contributed by atoms with E-state index in [0.29, 0.717) is 17.0 Å². The van der Waals surface area contributed by atoms with E-state index in [1.807, 2.05) is 26.0 Å². The third-order valence-corrected chi connectivity index (χ3v) is 4.76. The van der Waals surface area contributed by atoms with Crippen LogP contribution in [0.25, 0.3) is 5.70 Å². The number of carbonyl (C=O) groups excluding carboxylic acids is 2. The van der Waals surface area contributed by atoms with Crippen LogP contribution in [0, 0.1) is 5.92 Å². The van der Waals surface area contributed by atoms with Gasteiger partial charge in [-0.25, -0.2) is 0 Å². The number of para-hydroxylation sites is 1. The maximum Gasteiger partial charge on any atom is 0.323 e. The molecule has 1 atom stereocenters. The number of ether oxygens (including phenoxy) is 1. The zero-order chi connectivity index (χ0) is 21.7. The number of carbonyl (C=O) groups is 3. The lowest BCUT2D eigenvalue weighted by Gasteiger charge is -2.40. The van der Waals surface area contributed by atoms with Gasteiger partial charge in [-0.3, -0.25) is 19.3 Å². The Bertz CT molecular complexity index is 941. The van der Waals surface area contributed by atoms with E-state index in [2.05, 4.69) is 0 Å². The summed E-state index contributed by atoms with van der Waals surface area (Å²) in [5, 5.41) is 9.34. The van der Waals surface area contributed by atoms with Crippen molar-refractivity contribution in [2.45, 2.75) is 19.9 Å². The van der Waals surface area contributed by atoms with Crippen LogP contribution in [0.1, 0.15) is 19.4 Å². The molecule has 0 aromatic heterocycles. The Morgan fingerprint density at radius 2 is 1.63 bits per heavy atom. The van der Waals surface area contributed by atoms with E-state index in [4.69, 9.17) is 4.74 Å². The number of rotatable bonds is 7. The molecule has 2 aromatic carbocycles. The molecule has 0 fully saturated rings. The van der Waals surface area contributed by atoms with Crippen molar-refractivity contribution >= 4 is 23.5 Å². The van der Waals surface area contributed by atoms with E-state index in [1.54, 1.807) is 54.7 Å². The number of carboxylic acid groups (broad SMARTS) is 1. The Balaban J connectivity index is 1.96. The second-order valence-corrected chi connectivity index (χ2v) is 7.29. The Hall–Kier alpha value is -3.61. The molecule has 1 aliphatic heterocycles. The van der Waals surface area contributed by atoms with Gasteiger partial charge in [-0.05, 0) is 23.6 Å². The van der Waals surface area contributed by atoms with Crippen molar-refractivity contribution in [1.82, 2.24) is 9.80 Å². The van der Waals surface area contributed by atoms with Gasteiger partial charge in [-0.1, -0.05) is 62.4 Å². The van der Waals surface area contributed by atoms with Gasteiger partial charge in [0.05, 0.1) is 5.70 Å². The molecule has 30 heavy (non-hydrogen) atoms. The zero-order valence-electron chi connectivity index (χ0n) is 16.9. The van der Waals surface area contributed by atoms with Gasteiger partial charge in [0, 0.05) is 6.20 Å². The zero-order valence-corrected chi connectivity index (χ0v) is 16.9. The molecule has 3 rings (SSSR count). The fourth-order valence-electron chi connectivity index (χ4n) is 3.39. The molecular weight excluding hydrogens is 384 g/mol. The number of aliphatic carboxylic acids is 1. The highest BCUT2D eigenvalue weighted by atomic mass is 16.5. The molecule has 2 amide bonds. The molecule has 1 heterocycles. The summed E-state index contributed by atoms with van der Waals surface area (Å²) < 4.78 is 5.58. The third-order valence-electron chi connectivity index (χ3n) is 4.76. The van der Waals surface area contributed by atoms with Gasteiger partial charge in [0.25, 0.3) is 11.8 Å². The SMILES string of the molecule is CC(C)C1C(=O)N(CC(=O)O)C(c2ccccc2)=CN1C(=O)COc1ccccc1. The Morgan fingerprint density at radius 1 is 1.03 bits per heavy atom. The molecule has 0 aliphatic carbocycles. The minimum atomic E-state index is -1.13. The van der Waals surface area contributed by atoms with Crippen molar-refractivity contribution in [1.29, 1.82) is 0 Å². The van der Waals surface area contributed by atoms with Crippen LogP contribution in [0.2, 0.25) is 0 Å². The van der Waals surface area contributed by atoms with Crippen molar-refractivity contribution in [3.63, 3.8) is 0 Å². The van der Waals surface area contributed by atoms with Crippen LogP contribution < -0.4 is 4.74 Å². The summed E-state index contributed by atoms with van der Waals surface area (Å²) in [7, 11) is 0. The lowest BCUT2D eigenvalue weighted by molar-refractivity contribution is -0.149. The minimum absolute atomic E-state index is 0.219. The van der Waals surface area contributed by atoms with Crippen molar-refractivity contribution in [3.05, 3.63) is 72.4 Å². The molecule has 1 unspecified atom stereocenters. The summed E-state index contributed by atoms with van der Waals surface area (Å²) in [6.07, 6.45) is 1.56. The van der Waals surface area contributed by atoms with Gasteiger partial charge in [0.15, 0.2) is 6.61 Å². The van der Waals surface area contributed by atoms with Crippen LogP contribution in [0.3, 0.4) is 0 Å². The molecule has 1 N–H and O–H groups in total. The van der Waals surface area contributed by atoms with Crippen LogP contribution in [0.5, 0.6) is 5.75 Å². The van der Waals surface area contributed by atoms with Crippen molar-refractivity contribution in [2.75, 3.05) is 13.2 Å². The van der Waals surface area contributed by atoms with Crippen LogP contribution >= 0.6 is 0 Å². The maximum absolute atomic E-state index is 13.3. The summed E-state index contributed by atoms with van der Waals surface area (Å²) in [6, 6.07) is 17.1. The number of benzene rings is 2. The minimum Gasteiger partial charge on any atom is -0.484 e. The van der Waals surface area contributed by atoms with Gasteiger partial charge < -0.3 is 14.7 Å². The molecule has 0 spiro atoms. The predicted molar refractivity (Wildman–Crippen MR) is 111 cm³/mol. The Morgan fingerprint density at radius 3 is 2.20 bits per heavy atom. The highest BCUT2D eigenvalue weighted by Crippen LogP contribution is 2.30. The van der Waals surface area contributed by atoms with Crippen LogP contribution in [-0.2, 0) is 14.4 Å². The van der Waals surface area contributed by atoms with E-state index in [9.17, 15) is 19.5 Å². The first kappa shape index (κ1) is 21.1. The summed E-state index contributed by atoms with van der Waals surface area (Å²) in [4.78, 5) is 40.3. The van der Waals surface area contributed by atoms with Crippen molar-refractivity contribution in [2.24, 2.45) is 5.92 Å². The van der Waals surface area contributed by atoms with Gasteiger partial charge in [0.2, 0.25) is 0 Å². The van der Waals surface area contributed by atoms with Crippen molar-refractivity contribution in [3.8, 4) is 5.75 Å². The van der Waals surface area contributed by atoms with E-state index in [1.165, 1.54) is 9.80 Å². The fraction of sp³-hybridized carbons (Fsp3) is 0.261. The van der Waals surface area contributed by atoms with Gasteiger partial charge >= 0.3 is 5.97 Å². The lowest BCUT2D eigenvalue weighted by Crippen LogP contribution is -2.56. The van der Waals surface area contributed by atoms with Crippen LogP contribution in [-0.4, -0.2) is 51.9 Å². The molecule has 2 aromatic rings. The standard InChI is InChI=1S/C23H24N2O5/c1-16(2)22-23(29)24(14-21(27)28)19(17-9-5-3-6-10-17)13-25(22)20(26)15-30-18-11-7-4-8-12-18/h3-13,16,22H,14-15H2,1-2H3,(H,27,28). The average Bonchev–Trinajstić information content (AvgIpc) is 2.74. The van der Waals surface area contributed by atoms with E-state index >= 15 is 0 Å². The Kier molecular flexibility index (Phi) is 6.51. The summed E-state index contributed by atoms with van der Waals surface area (Å²) in [5.41, 5.74) is 1.02. The first-order valence-corrected chi connectivity index (χ1v) is 9.68. The quantitative estimate of drug-likeness (QED) is 0.761. The smallest absolute Gasteiger partial charge is 0.323 e. The van der Waals surface area contributed by atoms with E-state index in [-0.39, 0.29) is 18.4 Å². The number of nitrogens with zero attached hydrogens (tertiary/aromatic N) is 2. The molecule has 0 bridgehead atoms. The summed E-state index contributed by atoms with van der Waals surface area (Å²) in [5.74, 6) is -1.60. The molecule has 0 saturated carbocycles. The topological polar surface area (TPSA) is 87.2 Å². The monoisotopic (exact) mass is 408 g/mol. The second kappa shape index (κ2) is 9.26. The van der Waals surface area contributed by atoms with Gasteiger partial charge in [0.1, 0.15) is 18.3 Å². The van der Waals surface area contributed by atoms with Crippen LogP contribution in [0.15, 0.2) is 66.9 Å². The van der Waals surface area contributed by atoms with E-state index < -0.39 is 24.5 Å². The summed E-state index contributed by atoms with van der Waals surface area (Å²) in [6.45, 7) is 2.92. The van der Waals surface area contributed by atoms with E-state index in [0.717, 1.165) is 0 Å². The molecular formula is C23H24N2O5. The summed E-state index contributed by atoms with van der Waals surface area (Å²) >= 11 is 0. The van der Waals surface area contributed by atoms with Crippen LogP contribution in [0.4, 0.5) is 0 Å². The Labute approximate surface area is 175 Å². The normalized spacial score (nSPS) is 16.4. The fourth-order valence-corrected chi connectivity index (χ4v) is 3.39. The first-order valence-electron chi connectivity index (χ1n) is 9.68. The molecule has 0 radical (unpaired) electrons. The third kappa shape index (κ3) is 4.68. The lowest BCUT2D eigenvalue weighted by atomic mass is 9.97. The number of hydrogen-bond acceptors (Lipinski definition) is 4. The number of carboxylic acids is 1. The van der Waals surface area contributed by atoms with Gasteiger partial charge in [-0.2, -0.15) is 0 Å². The predicted octanol–water partition coefficient (Wildman–Crippen LogP) is 2.84. The largest absolute Gasteiger partial charge is 0.484 e. The molecule has 7 nitrogen and oxygen atoms in total. The first-order chi connectivity index (χ1) is 14.4.